The van der Waals surface area contributed by atoms with E-state index in [0.29, 0.717) is 0 Å². The van der Waals surface area contributed by atoms with E-state index in [1.54, 1.807) is 6.07 Å². The van der Waals surface area contributed by atoms with E-state index in [9.17, 15) is 4.39 Å². The molecule has 1 aromatic carbocycles. The lowest BCUT2D eigenvalue weighted by molar-refractivity contribution is 0.513. The van der Waals surface area contributed by atoms with Crippen LogP contribution in [0.1, 0.15) is 35.5 Å². The Kier molecular flexibility index (Phi) is 4.52. The van der Waals surface area contributed by atoms with Crippen LogP contribution in [-0.4, -0.2) is 9.78 Å². The summed E-state index contributed by atoms with van der Waals surface area (Å²) in [5.74, 6) is 5.46. The highest BCUT2D eigenvalue weighted by atomic mass is 19.1. The molecular weight excluding hydrogens is 255 g/mol. The summed E-state index contributed by atoms with van der Waals surface area (Å²) < 4.78 is 15.2. The number of hydrazine groups is 1. The molecule has 0 fully saturated rings. The van der Waals surface area contributed by atoms with Crippen molar-refractivity contribution < 1.29 is 4.39 Å². The molecule has 1 unspecified atom stereocenters. The first kappa shape index (κ1) is 14.7. The van der Waals surface area contributed by atoms with Gasteiger partial charge in [0, 0.05) is 18.7 Å². The van der Waals surface area contributed by atoms with Crippen LogP contribution in [0.25, 0.3) is 0 Å². The number of nitrogens with one attached hydrogen (secondary N) is 1. The molecule has 5 heteroatoms. The summed E-state index contributed by atoms with van der Waals surface area (Å²) in [7, 11) is 0. The van der Waals surface area contributed by atoms with Gasteiger partial charge in [-0.15, -0.1) is 0 Å². The van der Waals surface area contributed by atoms with Crippen LogP contribution in [0.2, 0.25) is 0 Å². The van der Waals surface area contributed by atoms with E-state index in [4.69, 9.17) is 5.84 Å². The number of benzene rings is 1. The summed E-state index contributed by atoms with van der Waals surface area (Å²) in [5.41, 5.74) is 6.85. The molecule has 108 valence electrons. The molecule has 4 nitrogen and oxygen atoms in total. The summed E-state index contributed by atoms with van der Waals surface area (Å²) >= 11 is 0. The van der Waals surface area contributed by atoms with Gasteiger partial charge in [0.2, 0.25) is 0 Å². The predicted molar refractivity (Wildman–Crippen MR) is 77.5 cm³/mol. The van der Waals surface area contributed by atoms with Crippen molar-refractivity contribution >= 4 is 0 Å². The zero-order valence-corrected chi connectivity index (χ0v) is 12.2. The largest absolute Gasteiger partial charge is 0.271 e. The molecule has 0 bridgehead atoms. The maximum absolute atomic E-state index is 13.2. The van der Waals surface area contributed by atoms with Gasteiger partial charge in [0.1, 0.15) is 5.82 Å². The van der Waals surface area contributed by atoms with E-state index in [1.807, 2.05) is 18.5 Å². The fraction of sp³-hybridized carbons (Fsp3) is 0.400. The van der Waals surface area contributed by atoms with E-state index in [1.165, 1.54) is 12.1 Å². The Hall–Kier alpha value is -1.72. The van der Waals surface area contributed by atoms with Crippen molar-refractivity contribution in [2.75, 3.05) is 0 Å². The van der Waals surface area contributed by atoms with Gasteiger partial charge < -0.3 is 0 Å². The Balaban J connectivity index is 2.28. The fourth-order valence-corrected chi connectivity index (χ4v) is 2.54. The second-order valence-corrected chi connectivity index (χ2v) is 5.02. The van der Waals surface area contributed by atoms with Crippen molar-refractivity contribution in [3.63, 3.8) is 0 Å². The van der Waals surface area contributed by atoms with Crippen molar-refractivity contribution in [2.24, 2.45) is 5.84 Å². The normalized spacial score (nSPS) is 12.7. The van der Waals surface area contributed by atoms with Crippen molar-refractivity contribution in [3.05, 3.63) is 52.6 Å². The average molecular weight is 276 g/mol. The number of halogens is 1. The number of hydrogen-bond donors (Lipinski definition) is 2. The molecule has 20 heavy (non-hydrogen) atoms. The van der Waals surface area contributed by atoms with E-state index < -0.39 is 0 Å². The zero-order chi connectivity index (χ0) is 14.7. The lowest BCUT2D eigenvalue weighted by Crippen LogP contribution is -2.30. The Labute approximate surface area is 118 Å². The molecule has 0 radical (unpaired) electrons. The summed E-state index contributed by atoms with van der Waals surface area (Å²) in [4.78, 5) is 0. The second-order valence-electron chi connectivity index (χ2n) is 5.02. The second kappa shape index (κ2) is 6.15. The van der Waals surface area contributed by atoms with Gasteiger partial charge in [-0.25, -0.2) is 4.39 Å². The molecule has 2 aromatic rings. The molecule has 0 aliphatic heterocycles. The average Bonchev–Trinajstić information content (AvgIpc) is 2.76. The van der Waals surface area contributed by atoms with E-state index >= 15 is 0 Å². The third-order valence-electron chi connectivity index (χ3n) is 3.51. The third-order valence-corrected chi connectivity index (χ3v) is 3.51. The standard InChI is InChI=1S/C15H21FN4/c1-4-20-13(8-11(3)19-20)9-15(18-17)14-6-5-12(16)7-10(14)2/h5-8,15,18H,4,9,17H2,1-3H3. The van der Waals surface area contributed by atoms with E-state index in [2.05, 4.69) is 23.5 Å². The molecular formula is C15H21FN4. The topological polar surface area (TPSA) is 55.9 Å². The predicted octanol–water partition coefficient (Wildman–Crippen LogP) is 2.41. The minimum absolute atomic E-state index is 0.0583. The highest BCUT2D eigenvalue weighted by molar-refractivity contribution is 5.30. The van der Waals surface area contributed by atoms with Crippen LogP contribution >= 0.6 is 0 Å². The first-order chi connectivity index (χ1) is 9.55. The fourth-order valence-electron chi connectivity index (χ4n) is 2.54. The zero-order valence-electron chi connectivity index (χ0n) is 12.2. The number of aryl methyl sites for hydroxylation is 3. The van der Waals surface area contributed by atoms with Gasteiger partial charge in [0.25, 0.3) is 0 Å². The van der Waals surface area contributed by atoms with Gasteiger partial charge in [-0.3, -0.25) is 16.0 Å². The van der Waals surface area contributed by atoms with Crippen molar-refractivity contribution in [1.29, 1.82) is 0 Å². The highest BCUT2D eigenvalue weighted by Gasteiger charge is 2.16. The van der Waals surface area contributed by atoms with Crippen LogP contribution in [0, 0.1) is 19.7 Å². The molecule has 0 amide bonds. The molecule has 0 aliphatic rings. The molecule has 1 heterocycles. The van der Waals surface area contributed by atoms with Crippen molar-refractivity contribution in [3.8, 4) is 0 Å². The van der Waals surface area contributed by atoms with Crippen molar-refractivity contribution in [1.82, 2.24) is 15.2 Å². The molecule has 0 aliphatic carbocycles. The molecule has 3 N–H and O–H groups in total. The van der Waals surface area contributed by atoms with Gasteiger partial charge >= 0.3 is 0 Å². The van der Waals surface area contributed by atoms with Crippen LogP contribution < -0.4 is 11.3 Å². The van der Waals surface area contributed by atoms with Gasteiger partial charge in [0.05, 0.1) is 11.7 Å². The summed E-state index contributed by atoms with van der Waals surface area (Å²) in [5, 5.41) is 4.43. The highest BCUT2D eigenvalue weighted by Crippen LogP contribution is 2.22. The van der Waals surface area contributed by atoms with Gasteiger partial charge in [-0.05, 0) is 50.1 Å². The molecule has 1 atom stereocenters. The maximum atomic E-state index is 13.2. The number of nitrogens with two attached hydrogens (primary N) is 1. The van der Waals surface area contributed by atoms with Crippen LogP contribution in [0.3, 0.4) is 0 Å². The first-order valence-corrected chi connectivity index (χ1v) is 6.80. The van der Waals surface area contributed by atoms with Crippen LogP contribution in [-0.2, 0) is 13.0 Å². The Morgan fingerprint density at radius 2 is 2.10 bits per heavy atom. The van der Waals surface area contributed by atoms with Gasteiger partial charge in [0.15, 0.2) is 0 Å². The Morgan fingerprint density at radius 1 is 1.35 bits per heavy atom. The number of aromatic nitrogens is 2. The minimum atomic E-state index is -0.225. The lowest BCUT2D eigenvalue weighted by Gasteiger charge is -2.19. The number of rotatable bonds is 5. The first-order valence-electron chi connectivity index (χ1n) is 6.80. The summed E-state index contributed by atoms with van der Waals surface area (Å²) in [6.45, 7) is 6.75. The van der Waals surface area contributed by atoms with Gasteiger partial charge in [-0.2, -0.15) is 5.10 Å². The maximum Gasteiger partial charge on any atom is 0.123 e. The molecule has 0 saturated carbocycles. The Morgan fingerprint density at radius 3 is 2.70 bits per heavy atom. The smallest absolute Gasteiger partial charge is 0.123 e. The van der Waals surface area contributed by atoms with Crippen LogP contribution in [0.15, 0.2) is 24.3 Å². The Bertz CT molecular complexity index is 592. The van der Waals surface area contributed by atoms with Crippen LogP contribution in [0.5, 0.6) is 0 Å². The number of hydrogen-bond acceptors (Lipinski definition) is 3. The number of nitrogens with zero attached hydrogens (tertiary/aromatic N) is 2. The third kappa shape index (κ3) is 3.05. The molecule has 2 rings (SSSR count). The molecule has 0 saturated heterocycles. The summed E-state index contributed by atoms with van der Waals surface area (Å²) in [6, 6.07) is 6.79. The molecule has 1 aromatic heterocycles. The van der Waals surface area contributed by atoms with Crippen molar-refractivity contribution in [2.45, 2.75) is 39.8 Å². The van der Waals surface area contributed by atoms with Crippen LogP contribution in [0.4, 0.5) is 4.39 Å². The molecule has 0 spiro atoms. The van der Waals surface area contributed by atoms with E-state index in [-0.39, 0.29) is 11.9 Å². The quantitative estimate of drug-likeness (QED) is 0.651. The summed E-state index contributed by atoms with van der Waals surface area (Å²) in [6.07, 6.45) is 0.720. The van der Waals surface area contributed by atoms with Gasteiger partial charge in [-0.1, -0.05) is 6.07 Å². The lowest BCUT2D eigenvalue weighted by atomic mass is 9.97. The van der Waals surface area contributed by atoms with E-state index in [0.717, 1.165) is 35.5 Å². The minimum Gasteiger partial charge on any atom is -0.271 e. The monoisotopic (exact) mass is 276 g/mol. The SMILES string of the molecule is CCn1nc(C)cc1CC(NN)c1ccc(F)cc1C.